The Morgan fingerprint density at radius 3 is 1.57 bits per heavy atom. The molecular weight excluding hydrogens is 276 g/mol. The third-order valence-electron chi connectivity index (χ3n) is 3.48. The molecule has 4 N–H and O–H groups in total. The zero-order chi connectivity index (χ0) is 15.2. The summed E-state index contributed by atoms with van der Waals surface area (Å²) < 4.78 is 0. The van der Waals surface area contributed by atoms with Gasteiger partial charge in [-0.05, 0) is 63.0 Å². The van der Waals surface area contributed by atoms with Gasteiger partial charge in [-0.1, -0.05) is 47.2 Å². The third kappa shape index (κ3) is 4.34. The Morgan fingerprint density at radius 2 is 1.19 bits per heavy atom. The molecular formula is C18H24N2S. The molecule has 2 aromatic rings. The number of nitrogens with two attached hydrogens (primary N) is 2. The van der Waals surface area contributed by atoms with Crippen molar-refractivity contribution in [2.24, 2.45) is 11.5 Å². The molecule has 0 fully saturated rings. The number of benzene rings is 2. The van der Waals surface area contributed by atoms with Gasteiger partial charge in [-0.3, -0.25) is 0 Å². The third-order valence-corrected chi connectivity index (χ3v) is 4.72. The minimum atomic E-state index is 0.681. The van der Waals surface area contributed by atoms with Crippen molar-refractivity contribution in [2.45, 2.75) is 36.5 Å². The van der Waals surface area contributed by atoms with Crippen molar-refractivity contribution in [3.63, 3.8) is 0 Å². The largest absolute Gasteiger partial charge is 0.330 e. The topological polar surface area (TPSA) is 52.0 Å². The Kier molecular flexibility index (Phi) is 5.85. The van der Waals surface area contributed by atoms with E-state index in [0.717, 1.165) is 12.8 Å². The summed E-state index contributed by atoms with van der Waals surface area (Å²) in [6.07, 6.45) is 1.84. The zero-order valence-electron chi connectivity index (χ0n) is 12.9. The van der Waals surface area contributed by atoms with Crippen LogP contribution in [0.25, 0.3) is 0 Å². The van der Waals surface area contributed by atoms with Crippen molar-refractivity contribution in [1.82, 2.24) is 0 Å². The fraction of sp³-hybridized carbons (Fsp3) is 0.333. The highest BCUT2D eigenvalue weighted by Crippen LogP contribution is 2.34. The van der Waals surface area contributed by atoms with E-state index in [-0.39, 0.29) is 0 Å². The molecule has 0 saturated carbocycles. The average molecular weight is 300 g/mol. The molecule has 0 atom stereocenters. The van der Waals surface area contributed by atoms with Crippen LogP contribution < -0.4 is 11.5 Å². The summed E-state index contributed by atoms with van der Waals surface area (Å²) in [5.41, 5.74) is 16.7. The second kappa shape index (κ2) is 7.64. The van der Waals surface area contributed by atoms with E-state index in [0.29, 0.717) is 13.1 Å². The second-order valence-corrected chi connectivity index (χ2v) is 6.49. The molecule has 0 spiro atoms. The number of rotatable bonds is 6. The molecule has 21 heavy (non-hydrogen) atoms. The molecule has 0 radical (unpaired) electrons. The summed E-state index contributed by atoms with van der Waals surface area (Å²) in [5.74, 6) is 0. The van der Waals surface area contributed by atoms with Gasteiger partial charge in [0, 0.05) is 9.79 Å². The zero-order valence-corrected chi connectivity index (χ0v) is 13.7. The van der Waals surface area contributed by atoms with Gasteiger partial charge >= 0.3 is 0 Å². The van der Waals surface area contributed by atoms with E-state index in [9.17, 15) is 0 Å². The summed E-state index contributed by atoms with van der Waals surface area (Å²) in [5, 5.41) is 0. The maximum atomic E-state index is 5.74. The minimum absolute atomic E-state index is 0.681. The van der Waals surface area contributed by atoms with Crippen molar-refractivity contribution in [2.75, 3.05) is 13.1 Å². The van der Waals surface area contributed by atoms with Gasteiger partial charge in [0.25, 0.3) is 0 Å². The Labute approximate surface area is 131 Å². The van der Waals surface area contributed by atoms with Gasteiger partial charge in [0.1, 0.15) is 0 Å². The smallest absolute Gasteiger partial charge is 0.0155 e. The van der Waals surface area contributed by atoms with Crippen LogP contribution in [0.3, 0.4) is 0 Å². The van der Waals surface area contributed by atoms with Gasteiger partial charge in [-0.2, -0.15) is 0 Å². The van der Waals surface area contributed by atoms with E-state index < -0.39 is 0 Å². The van der Waals surface area contributed by atoms with Gasteiger partial charge in [-0.25, -0.2) is 0 Å². The molecule has 0 aliphatic heterocycles. The molecule has 0 bridgehead atoms. The van der Waals surface area contributed by atoms with Crippen LogP contribution >= 0.6 is 11.8 Å². The van der Waals surface area contributed by atoms with Crippen molar-refractivity contribution >= 4 is 11.8 Å². The molecule has 2 nitrogen and oxygen atoms in total. The average Bonchev–Trinajstić information content (AvgIpc) is 2.45. The fourth-order valence-corrected chi connectivity index (χ4v) is 3.53. The standard InChI is InChI=1S/C18H24N2S/c1-13-3-5-17(15(11-13)7-9-19)21-18-6-4-14(2)12-16(18)8-10-20/h3-6,11-12H,7-10,19-20H2,1-2H3. The van der Waals surface area contributed by atoms with Crippen LogP contribution in [-0.2, 0) is 12.8 Å². The van der Waals surface area contributed by atoms with Gasteiger partial charge < -0.3 is 11.5 Å². The quantitative estimate of drug-likeness (QED) is 0.859. The van der Waals surface area contributed by atoms with Gasteiger partial charge in [0.15, 0.2) is 0 Å². The first-order chi connectivity index (χ1) is 10.1. The molecule has 2 aromatic carbocycles. The molecule has 0 aliphatic carbocycles. The monoisotopic (exact) mass is 300 g/mol. The Balaban J connectivity index is 2.33. The molecule has 0 aliphatic rings. The molecule has 0 amide bonds. The van der Waals surface area contributed by atoms with Crippen molar-refractivity contribution in [3.8, 4) is 0 Å². The number of hydrogen-bond acceptors (Lipinski definition) is 3. The number of aryl methyl sites for hydroxylation is 2. The SMILES string of the molecule is Cc1ccc(Sc2ccc(C)cc2CCN)c(CCN)c1. The maximum Gasteiger partial charge on any atom is 0.0155 e. The van der Waals surface area contributed by atoms with Gasteiger partial charge in [-0.15, -0.1) is 0 Å². The van der Waals surface area contributed by atoms with Crippen LogP contribution in [-0.4, -0.2) is 13.1 Å². The summed E-state index contributed by atoms with van der Waals surface area (Å²) in [7, 11) is 0. The molecule has 0 aromatic heterocycles. The van der Waals surface area contributed by atoms with Gasteiger partial charge in [0.05, 0.1) is 0 Å². The molecule has 0 saturated heterocycles. The highest BCUT2D eigenvalue weighted by Gasteiger charge is 2.08. The van der Waals surface area contributed by atoms with E-state index in [4.69, 9.17) is 11.5 Å². The first kappa shape index (κ1) is 16.1. The molecule has 0 heterocycles. The summed E-state index contributed by atoms with van der Waals surface area (Å²) in [6, 6.07) is 13.2. The Bertz CT molecular complexity index is 555. The summed E-state index contributed by atoms with van der Waals surface area (Å²) in [6.45, 7) is 5.61. The molecule has 112 valence electrons. The summed E-state index contributed by atoms with van der Waals surface area (Å²) in [4.78, 5) is 2.60. The predicted octanol–water partition coefficient (Wildman–Crippen LogP) is 3.46. The maximum absolute atomic E-state index is 5.74. The normalized spacial score (nSPS) is 10.9. The lowest BCUT2D eigenvalue weighted by Crippen LogP contribution is -2.05. The fourth-order valence-electron chi connectivity index (χ4n) is 2.44. The summed E-state index contributed by atoms with van der Waals surface area (Å²) >= 11 is 1.83. The lowest BCUT2D eigenvalue weighted by Gasteiger charge is -2.13. The second-order valence-electron chi connectivity index (χ2n) is 5.40. The Morgan fingerprint density at radius 1 is 0.762 bits per heavy atom. The van der Waals surface area contributed by atoms with E-state index in [1.807, 2.05) is 11.8 Å². The molecule has 2 rings (SSSR count). The van der Waals surface area contributed by atoms with E-state index in [2.05, 4.69) is 50.2 Å². The van der Waals surface area contributed by atoms with Gasteiger partial charge in [0.2, 0.25) is 0 Å². The van der Waals surface area contributed by atoms with Crippen molar-refractivity contribution in [1.29, 1.82) is 0 Å². The molecule has 0 unspecified atom stereocenters. The van der Waals surface area contributed by atoms with E-state index >= 15 is 0 Å². The lowest BCUT2D eigenvalue weighted by atomic mass is 10.1. The van der Waals surface area contributed by atoms with Crippen LogP contribution in [0.15, 0.2) is 46.2 Å². The first-order valence-electron chi connectivity index (χ1n) is 7.41. The van der Waals surface area contributed by atoms with Crippen LogP contribution in [0.5, 0.6) is 0 Å². The van der Waals surface area contributed by atoms with Crippen LogP contribution in [0, 0.1) is 13.8 Å². The number of hydrogen-bond donors (Lipinski definition) is 2. The van der Waals surface area contributed by atoms with Crippen LogP contribution in [0.2, 0.25) is 0 Å². The first-order valence-corrected chi connectivity index (χ1v) is 8.22. The highest BCUT2D eigenvalue weighted by atomic mass is 32.2. The lowest BCUT2D eigenvalue weighted by molar-refractivity contribution is 0.934. The predicted molar refractivity (Wildman–Crippen MR) is 92.0 cm³/mol. The van der Waals surface area contributed by atoms with E-state index in [1.165, 1.54) is 32.0 Å². The van der Waals surface area contributed by atoms with Crippen molar-refractivity contribution in [3.05, 3.63) is 58.7 Å². The minimum Gasteiger partial charge on any atom is -0.330 e. The highest BCUT2D eigenvalue weighted by molar-refractivity contribution is 7.99. The van der Waals surface area contributed by atoms with Crippen LogP contribution in [0.1, 0.15) is 22.3 Å². The van der Waals surface area contributed by atoms with Crippen molar-refractivity contribution < 1.29 is 0 Å². The van der Waals surface area contributed by atoms with E-state index in [1.54, 1.807) is 0 Å². The molecule has 3 heteroatoms. The Hall–Kier alpha value is -1.29. The van der Waals surface area contributed by atoms with Crippen LogP contribution in [0.4, 0.5) is 0 Å².